The maximum atomic E-state index is 13.2. The van der Waals surface area contributed by atoms with Gasteiger partial charge in [0.25, 0.3) is 0 Å². The number of aryl methyl sites for hydroxylation is 1. The first kappa shape index (κ1) is 24.3. The van der Waals surface area contributed by atoms with Crippen molar-refractivity contribution in [3.63, 3.8) is 0 Å². The molecule has 1 saturated heterocycles. The van der Waals surface area contributed by atoms with Gasteiger partial charge in [-0.15, -0.1) is 11.3 Å². The predicted octanol–water partition coefficient (Wildman–Crippen LogP) is 2.77. The maximum Gasteiger partial charge on any atom is 0.248 e. The highest BCUT2D eigenvalue weighted by Crippen LogP contribution is 2.25. The molecule has 11 heteroatoms. The minimum absolute atomic E-state index is 0.00362. The Hall–Kier alpha value is -2.37. The third kappa shape index (κ3) is 5.70. The van der Waals surface area contributed by atoms with E-state index < -0.39 is 27.8 Å². The van der Waals surface area contributed by atoms with Gasteiger partial charge in [-0.3, -0.25) is 9.59 Å². The predicted molar refractivity (Wildman–Crippen MR) is 120 cm³/mol. The summed E-state index contributed by atoms with van der Waals surface area (Å²) >= 11 is 1.34. The van der Waals surface area contributed by atoms with Gasteiger partial charge in [-0.1, -0.05) is 13.8 Å². The fourth-order valence-corrected chi connectivity index (χ4v) is 5.72. The van der Waals surface area contributed by atoms with Crippen LogP contribution in [0.3, 0.4) is 0 Å². The zero-order valence-electron chi connectivity index (χ0n) is 18.2. The van der Waals surface area contributed by atoms with E-state index in [1.54, 1.807) is 6.20 Å². The zero-order valence-corrected chi connectivity index (χ0v) is 19.8. The van der Waals surface area contributed by atoms with Crippen LogP contribution in [0.2, 0.25) is 0 Å². The lowest BCUT2D eigenvalue weighted by Gasteiger charge is -2.32. The van der Waals surface area contributed by atoms with Gasteiger partial charge in [0.15, 0.2) is 5.13 Å². The summed E-state index contributed by atoms with van der Waals surface area (Å²) in [4.78, 5) is 30.7. The smallest absolute Gasteiger partial charge is 0.248 e. The Morgan fingerprint density at radius 3 is 2.53 bits per heavy atom. The van der Waals surface area contributed by atoms with Gasteiger partial charge in [0.05, 0.1) is 10.8 Å². The number of anilines is 1. The number of rotatable bonds is 7. The lowest BCUT2D eigenvalue weighted by molar-refractivity contribution is -0.130. The van der Waals surface area contributed by atoms with E-state index in [1.807, 2.05) is 20.8 Å². The van der Waals surface area contributed by atoms with E-state index in [4.69, 9.17) is 0 Å². The first-order valence-corrected chi connectivity index (χ1v) is 12.6. The number of hydrogen-bond acceptors (Lipinski definition) is 6. The molecule has 174 valence electrons. The maximum absolute atomic E-state index is 13.2. The number of sulfonamides is 1. The van der Waals surface area contributed by atoms with E-state index in [2.05, 4.69) is 15.6 Å². The monoisotopic (exact) mass is 482 g/mol. The van der Waals surface area contributed by atoms with E-state index >= 15 is 0 Å². The second-order valence-corrected chi connectivity index (χ2v) is 11.3. The quantitative estimate of drug-likeness (QED) is 0.631. The number of thiazole rings is 1. The molecule has 2 amide bonds. The van der Waals surface area contributed by atoms with Gasteiger partial charge in [-0.25, -0.2) is 17.8 Å². The fourth-order valence-electron chi connectivity index (χ4n) is 3.53. The molecule has 32 heavy (non-hydrogen) atoms. The molecule has 8 nitrogen and oxygen atoms in total. The highest BCUT2D eigenvalue weighted by molar-refractivity contribution is 7.89. The standard InChI is InChI=1S/C21H27FN4O4S2/c1-13(2)18(20(28)25-21-23-11-14(3)31-21)24-19(27)15-5-4-10-26(12-15)32(29,30)17-8-6-16(22)7-9-17/h6-9,11,13,15,18H,4-5,10,12H2,1-3H3,(H,24,27)(H,23,25,28)/t15-,18-/m0/s1. The van der Waals surface area contributed by atoms with Crippen molar-refractivity contribution in [3.05, 3.63) is 41.2 Å². The van der Waals surface area contributed by atoms with Crippen molar-refractivity contribution >= 4 is 38.3 Å². The molecule has 2 aromatic rings. The second-order valence-electron chi connectivity index (χ2n) is 8.15. The van der Waals surface area contributed by atoms with Gasteiger partial charge in [-0.2, -0.15) is 4.31 Å². The van der Waals surface area contributed by atoms with Crippen LogP contribution in [0.5, 0.6) is 0 Å². The summed E-state index contributed by atoms with van der Waals surface area (Å²) in [5.74, 6) is -2.02. The van der Waals surface area contributed by atoms with Crippen LogP contribution in [0.4, 0.5) is 9.52 Å². The average molecular weight is 483 g/mol. The normalized spacial score (nSPS) is 18.3. The van der Waals surface area contributed by atoms with Crippen molar-refractivity contribution in [1.82, 2.24) is 14.6 Å². The number of benzene rings is 1. The molecule has 2 heterocycles. The first-order chi connectivity index (χ1) is 15.1. The molecule has 0 radical (unpaired) electrons. The summed E-state index contributed by atoms with van der Waals surface area (Å²) in [6, 6.07) is 3.84. The lowest BCUT2D eigenvalue weighted by atomic mass is 9.96. The molecular weight excluding hydrogens is 455 g/mol. The third-order valence-corrected chi connectivity index (χ3v) is 8.01. The van der Waals surface area contributed by atoms with Crippen molar-refractivity contribution < 1.29 is 22.4 Å². The zero-order chi connectivity index (χ0) is 23.5. The topological polar surface area (TPSA) is 108 Å². The van der Waals surface area contributed by atoms with Crippen LogP contribution in [-0.4, -0.2) is 48.7 Å². The van der Waals surface area contributed by atoms with Crippen LogP contribution in [-0.2, 0) is 19.6 Å². The summed E-state index contributed by atoms with van der Waals surface area (Å²) in [6.45, 7) is 5.81. The van der Waals surface area contributed by atoms with Gasteiger partial charge < -0.3 is 10.6 Å². The molecule has 0 spiro atoms. The number of nitrogens with one attached hydrogen (secondary N) is 2. The minimum Gasteiger partial charge on any atom is -0.344 e. The molecule has 0 bridgehead atoms. The summed E-state index contributed by atoms with van der Waals surface area (Å²) in [6.07, 6.45) is 2.68. The molecule has 0 saturated carbocycles. The van der Waals surface area contributed by atoms with Gasteiger partial charge >= 0.3 is 0 Å². The Balaban J connectivity index is 1.67. The van der Waals surface area contributed by atoms with Gasteiger partial charge in [-0.05, 0) is 49.9 Å². The molecule has 1 aliphatic heterocycles. The Morgan fingerprint density at radius 2 is 1.94 bits per heavy atom. The molecule has 1 aromatic heterocycles. The molecular formula is C21H27FN4O4S2. The van der Waals surface area contributed by atoms with Crippen molar-refractivity contribution in [3.8, 4) is 0 Å². The molecule has 2 atom stereocenters. The highest BCUT2D eigenvalue weighted by Gasteiger charge is 2.35. The molecule has 0 aliphatic carbocycles. The fraction of sp³-hybridized carbons (Fsp3) is 0.476. The lowest BCUT2D eigenvalue weighted by Crippen LogP contribution is -2.52. The number of hydrogen-bond donors (Lipinski definition) is 2. The largest absolute Gasteiger partial charge is 0.344 e. The molecule has 1 fully saturated rings. The Labute approximate surface area is 191 Å². The van der Waals surface area contributed by atoms with Gasteiger partial charge in [0.1, 0.15) is 11.9 Å². The Kier molecular flexibility index (Phi) is 7.63. The molecule has 2 N–H and O–H groups in total. The highest BCUT2D eigenvalue weighted by atomic mass is 32.2. The number of carbonyl (C=O) groups is 2. The minimum atomic E-state index is -3.84. The van der Waals surface area contributed by atoms with E-state index in [0.29, 0.717) is 18.0 Å². The summed E-state index contributed by atoms with van der Waals surface area (Å²) in [5.41, 5.74) is 0. The summed E-state index contributed by atoms with van der Waals surface area (Å²) < 4.78 is 40.2. The van der Waals surface area contributed by atoms with Crippen molar-refractivity contribution in [2.45, 2.75) is 44.6 Å². The number of nitrogens with zero attached hydrogens (tertiary/aromatic N) is 2. The number of amides is 2. The second kappa shape index (κ2) is 10.1. The number of piperidine rings is 1. The Morgan fingerprint density at radius 1 is 1.25 bits per heavy atom. The van der Waals surface area contributed by atoms with Crippen LogP contribution in [0, 0.1) is 24.6 Å². The van der Waals surface area contributed by atoms with Gasteiger partial charge in [0.2, 0.25) is 21.8 Å². The number of carbonyl (C=O) groups excluding carboxylic acids is 2. The number of aromatic nitrogens is 1. The van der Waals surface area contributed by atoms with Crippen molar-refractivity contribution in [2.75, 3.05) is 18.4 Å². The number of halogens is 1. The molecule has 1 aliphatic rings. The first-order valence-electron chi connectivity index (χ1n) is 10.4. The van der Waals surface area contributed by atoms with E-state index in [9.17, 15) is 22.4 Å². The average Bonchev–Trinajstić information content (AvgIpc) is 3.16. The van der Waals surface area contributed by atoms with Crippen LogP contribution in [0.15, 0.2) is 35.4 Å². The molecule has 0 unspecified atom stereocenters. The van der Waals surface area contributed by atoms with Crippen LogP contribution >= 0.6 is 11.3 Å². The molecule has 3 rings (SSSR count). The van der Waals surface area contributed by atoms with E-state index in [1.165, 1.54) is 27.8 Å². The summed E-state index contributed by atoms with van der Waals surface area (Å²) in [5, 5.41) is 5.98. The van der Waals surface area contributed by atoms with Crippen LogP contribution < -0.4 is 10.6 Å². The van der Waals surface area contributed by atoms with Crippen LogP contribution in [0.25, 0.3) is 0 Å². The third-order valence-electron chi connectivity index (χ3n) is 5.30. The molecule has 1 aromatic carbocycles. The summed E-state index contributed by atoms with van der Waals surface area (Å²) in [7, 11) is -3.84. The van der Waals surface area contributed by atoms with Crippen LogP contribution in [0.1, 0.15) is 31.6 Å². The van der Waals surface area contributed by atoms with Crippen molar-refractivity contribution in [1.29, 1.82) is 0 Å². The SMILES string of the molecule is Cc1cnc(NC(=O)[C@@H](NC(=O)[C@H]2CCCN(S(=O)(=O)c3ccc(F)cc3)C2)C(C)C)s1. The van der Waals surface area contributed by atoms with Gasteiger partial charge in [0, 0.05) is 24.2 Å². The van der Waals surface area contributed by atoms with Crippen molar-refractivity contribution in [2.24, 2.45) is 11.8 Å². The Bertz CT molecular complexity index is 1070. The van der Waals surface area contributed by atoms with E-state index in [0.717, 1.165) is 17.0 Å². The van der Waals surface area contributed by atoms with E-state index in [-0.39, 0.29) is 35.7 Å².